The highest BCUT2D eigenvalue weighted by Crippen LogP contribution is 2.67. The van der Waals surface area contributed by atoms with E-state index in [1.165, 1.54) is 13.0 Å². The summed E-state index contributed by atoms with van der Waals surface area (Å²) in [5, 5.41) is 20.4. The number of esters is 1. The zero-order chi connectivity index (χ0) is 22.8. The molecule has 0 bridgehead atoms. The van der Waals surface area contributed by atoms with E-state index in [1.54, 1.807) is 0 Å². The van der Waals surface area contributed by atoms with Gasteiger partial charge in [0.05, 0.1) is 12.2 Å². The molecule has 0 unspecified atom stereocenters. The second kappa shape index (κ2) is 7.22. The molecule has 1 aliphatic heterocycles. The molecule has 0 aromatic heterocycles. The molecule has 1 aromatic rings. The topological polar surface area (TPSA) is 93.1 Å². The number of carbonyl (C=O) groups is 2. The second-order valence-corrected chi connectivity index (χ2v) is 10.6. The van der Waals surface area contributed by atoms with Gasteiger partial charge in [-0.15, -0.1) is 0 Å². The van der Waals surface area contributed by atoms with Crippen LogP contribution in [0.2, 0.25) is 0 Å². The minimum absolute atomic E-state index is 0.0762. The molecule has 2 saturated carbocycles. The van der Waals surface area contributed by atoms with Crippen molar-refractivity contribution >= 4 is 12.3 Å². The van der Waals surface area contributed by atoms with Crippen molar-refractivity contribution in [1.82, 2.24) is 0 Å². The van der Waals surface area contributed by atoms with Crippen LogP contribution in [-0.2, 0) is 22.6 Å². The van der Waals surface area contributed by atoms with Gasteiger partial charge in [0, 0.05) is 29.7 Å². The van der Waals surface area contributed by atoms with Crippen molar-refractivity contribution in [2.45, 2.75) is 85.0 Å². The van der Waals surface area contributed by atoms with Gasteiger partial charge >= 0.3 is 5.97 Å². The second-order valence-electron chi connectivity index (χ2n) is 10.6. The Morgan fingerprint density at radius 3 is 2.61 bits per heavy atom. The quantitative estimate of drug-likeness (QED) is 0.552. The molecule has 2 fully saturated rings. The molecule has 1 aromatic carbocycles. The number of hydrogen-bond donors (Lipinski definition) is 2. The number of hydrogen-bond acceptors (Lipinski definition) is 6. The van der Waals surface area contributed by atoms with Crippen molar-refractivity contribution in [3.63, 3.8) is 0 Å². The first-order valence-corrected chi connectivity index (χ1v) is 11.3. The molecule has 2 aliphatic carbocycles. The summed E-state index contributed by atoms with van der Waals surface area (Å²) in [4.78, 5) is 23.6. The Morgan fingerprint density at radius 1 is 1.29 bits per heavy atom. The molecule has 170 valence electrons. The van der Waals surface area contributed by atoms with Gasteiger partial charge in [0.1, 0.15) is 23.2 Å². The summed E-state index contributed by atoms with van der Waals surface area (Å²) < 4.78 is 12.5. The third kappa shape index (κ3) is 2.94. The zero-order valence-corrected chi connectivity index (χ0v) is 19.2. The first-order valence-electron chi connectivity index (χ1n) is 11.3. The Morgan fingerprint density at radius 2 is 2.00 bits per heavy atom. The number of phenols is 1. The Bertz CT molecular complexity index is 921. The highest BCUT2D eigenvalue weighted by molar-refractivity contribution is 5.84. The highest BCUT2D eigenvalue weighted by Gasteiger charge is 2.67. The van der Waals surface area contributed by atoms with E-state index in [0.29, 0.717) is 28.9 Å². The highest BCUT2D eigenvalue weighted by atomic mass is 16.5. The largest absolute Gasteiger partial charge is 0.508 e. The Labute approximate surface area is 183 Å². The van der Waals surface area contributed by atoms with E-state index in [-0.39, 0.29) is 47.1 Å². The van der Waals surface area contributed by atoms with Gasteiger partial charge in [-0.3, -0.25) is 9.59 Å². The van der Waals surface area contributed by atoms with Crippen LogP contribution in [0.4, 0.5) is 0 Å². The van der Waals surface area contributed by atoms with Crippen LogP contribution in [0.3, 0.4) is 0 Å². The SMILES string of the molecule is CC(=O)O[C@@H]1CC[C@@]2(C)[C@@H](CC[C@@H](C)[C@]23Cc2c(O)cc(CO)c(C=O)c2O3)C1(C)C. The average molecular weight is 431 g/mol. The molecular formula is C25H34O6. The summed E-state index contributed by atoms with van der Waals surface area (Å²) in [6, 6.07) is 1.49. The van der Waals surface area contributed by atoms with E-state index in [1.807, 2.05) is 0 Å². The van der Waals surface area contributed by atoms with E-state index < -0.39 is 5.60 Å². The van der Waals surface area contributed by atoms with Crippen LogP contribution in [0.5, 0.6) is 11.5 Å². The monoisotopic (exact) mass is 430 g/mol. The third-order valence-corrected chi connectivity index (χ3v) is 8.88. The summed E-state index contributed by atoms with van der Waals surface area (Å²) in [6.45, 7) is 9.98. The van der Waals surface area contributed by atoms with Crippen molar-refractivity contribution in [3.05, 3.63) is 22.8 Å². The van der Waals surface area contributed by atoms with Crippen molar-refractivity contribution < 1.29 is 29.3 Å². The van der Waals surface area contributed by atoms with E-state index >= 15 is 0 Å². The van der Waals surface area contributed by atoms with Crippen molar-refractivity contribution in [2.24, 2.45) is 22.7 Å². The van der Waals surface area contributed by atoms with Crippen LogP contribution < -0.4 is 4.74 Å². The number of benzene rings is 1. The third-order valence-electron chi connectivity index (χ3n) is 8.88. The van der Waals surface area contributed by atoms with Gasteiger partial charge in [-0.2, -0.15) is 0 Å². The predicted molar refractivity (Wildman–Crippen MR) is 115 cm³/mol. The van der Waals surface area contributed by atoms with Crippen LogP contribution in [0.1, 0.15) is 81.8 Å². The van der Waals surface area contributed by atoms with Crippen LogP contribution in [0.25, 0.3) is 0 Å². The maximum atomic E-state index is 11.9. The van der Waals surface area contributed by atoms with Crippen LogP contribution in [-0.4, -0.2) is 34.2 Å². The number of carbonyl (C=O) groups excluding carboxylic acids is 2. The Hall–Kier alpha value is -2.08. The van der Waals surface area contributed by atoms with Crippen molar-refractivity contribution in [1.29, 1.82) is 0 Å². The van der Waals surface area contributed by atoms with Crippen molar-refractivity contribution in [3.8, 4) is 11.5 Å². The standard InChI is InChI=1S/C25H34O6/c1-14-6-7-20-23(3,4)21(30-15(2)28)8-9-24(20,5)25(14)11-17-19(29)10-16(12-26)18(13-27)22(17)31-25/h10,13-14,20-21,26,29H,6-9,11-12H2,1-5H3/t14-,20+,21-,24+,25-/m1/s1. The van der Waals surface area contributed by atoms with Crippen molar-refractivity contribution in [2.75, 3.05) is 0 Å². The first-order chi connectivity index (χ1) is 14.5. The van der Waals surface area contributed by atoms with Gasteiger partial charge in [0.25, 0.3) is 0 Å². The van der Waals surface area contributed by atoms with Gasteiger partial charge in [-0.25, -0.2) is 0 Å². The van der Waals surface area contributed by atoms with Crippen LogP contribution >= 0.6 is 0 Å². The number of aldehydes is 1. The van der Waals surface area contributed by atoms with Gasteiger partial charge in [0.15, 0.2) is 6.29 Å². The molecule has 4 rings (SSSR count). The van der Waals surface area contributed by atoms with Gasteiger partial charge in [0.2, 0.25) is 0 Å². The number of aliphatic hydroxyl groups excluding tert-OH is 1. The van der Waals surface area contributed by atoms with Crippen LogP contribution in [0.15, 0.2) is 6.07 Å². The molecule has 6 heteroatoms. The molecule has 31 heavy (non-hydrogen) atoms. The summed E-state index contributed by atoms with van der Waals surface area (Å²) in [5.74, 6) is 0.726. The molecule has 6 nitrogen and oxygen atoms in total. The zero-order valence-electron chi connectivity index (χ0n) is 19.2. The Balaban J connectivity index is 1.81. The predicted octanol–water partition coefficient (Wildman–Crippen LogP) is 4.17. The number of ether oxygens (including phenoxy) is 2. The summed E-state index contributed by atoms with van der Waals surface area (Å²) >= 11 is 0. The minimum Gasteiger partial charge on any atom is -0.508 e. The van der Waals surface area contributed by atoms with E-state index in [2.05, 4.69) is 27.7 Å². The molecule has 1 spiro atoms. The molecule has 2 N–H and O–H groups in total. The first kappa shape index (κ1) is 22.1. The number of aromatic hydroxyl groups is 1. The average Bonchev–Trinajstić information content (AvgIpc) is 3.11. The molecule has 3 aliphatic rings. The molecule has 0 amide bonds. The fourth-order valence-corrected chi connectivity index (χ4v) is 7.22. The van der Waals surface area contributed by atoms with Gasteiger partial charge in [-0.05, 0) is 49.1 Å². The lowest BCUT2D eigenvalue weighted by atomic mass is 9.43. The fraction of sp³-hybridized carbons (Fsp3) is 0.680. The maximum Gasteiger partial charge on any atom is 0.302 e. The fourth-order valence-electron chi connectivity index (χ4n) is 7.22. The minimum atomic E-state index is -0.569. The number of phenolic OH excluding ortho intramolecular Hbond substituents is 1. The lowest BCUT2D eigenvalue weighted by Gasteiger charge is -2.64. The van der Waals surface area contributed by atoms with E-state index in [0.717, 1.165) is 32.0 Å². The smallest absolute Gasteiger partial charge is 0.302 e. The number of rotatable bonds is 3. The summed E-state index contributed by atoms with van der Waals surface area (Å²) in [7, 11) is 0. The van der Waals surface area contributed by atoms with E-state index in [4.69, 9.17) is 9.47 Å². The van der Waals surface area contributed by atoms with E-state index in [9.17, 15) is 19.8 Å². The Kier molecular flexibility index (Phi) is 5.16. The molecular weight excluding hydrogens is 396 g/mol. The van der Waals surface area contributed by atoms with Gasteiger partial charge < -0.3 is 19.7 Å². The maximum absolute atomic E-state index is 11.9. The van der Waals surface area contributed by atoms with Crippen LogP contribution in [0, 0.1) is 22.7 Å². The molecule has 1 heterocycles. The van der Waals surface area contributed by atoms with Gasteiger partial charge in [-0.1, -0.05) is 27.7 Å². The normalized spacial score (nSPS) is 35.7. The molecule has 0 radical (unpaired) electrons. The lowest BCUT2D eigenvalue weighted by molar-refractivity contribution is -0.218. The number of fused-ring (bicyclic) bond motifs is 3. The molecule has 5 atom stereocenters. The lowest BCUT2D eigenvalue weighted by Crippen LogP contribution is -2.67. The molecule has 0 saturated heterocycles. The summed E-state index contributed by atoms with van der Waals surface area (Å²) in [6.07, 6.45) is 4.66. The number of aliphatic hydroxyl groups is 1. The summed E-state index contributed by atoms with van der Waals surface area (Å²) in [5.41, 5.74) is 0.351.